The molecule has 2 fully saturated rings. The number of piperidine rings is 1. The molecule has 0 saturated carbocycles. The van der Waals surface area contributed by atoms with Crippen molar-refractivity contribution in [2.45, 2.75) is 37.3 Å². The van der Waals surface area contributed by atoms with Crippen molar-refractivity contribution in [3.63, 3.8) is 0 Å². The fourth-order valence-electron chi connectivity index (χ4n) is 4.12. The van der Waals surface area contributed by atoms with Crippen molar-refractivity contribution in [1.82, 2.24) is 4.90 Å². The molecule has 0 spiro atoms. The van der Waals surface area contributed by atoms with E-state index >= 15 is 0 Å². The van der Waals surface area contributed by atoms with Crippen molar-refractivity contribution < 1.29 is 4.74 Å². The molecular formula is C16H21Cl2NO. The summed E-state index contributed by atoms with van der Waals surface area (Å²) in [7, 11) is 4.06. The number of hydrogen-bond acceptors (Lipinski definition) is 2. The molecule has 2 aliphatic rings. The molecule has 0 aromatic heterocycles. The Labute approximate surface area is 131 Å². The van der Waals surface area contributed by atoms with Crippen LogP contribution in [0.4, 0.5) is 0 Å². The van der Waals surface area contributed by atoms with E-state index in [1.54, 1.807) is 7.11 Å². The molecule has 110 valence electrons. The highest BCUT2D eigenvalue weighted by atomic mass is 35.5. The lowest BCUT2D eigenvalue weighted by Crippen LogP contribution is -2.47. The maximum absolute atomic E-state index is 6.20. The van der Waals surface area contributed by atoms with Crippen LogP contribution in [0.5, 0.6) is 0 Å². The molecule has 3 rings (SSSR count). The van der Waals surface area contributed by atoms with Crippen molar-refractivity contribution in [2.24, 2.45) is 5.92 Å². The van der Waals surface area contributed by atoms with E-state index in [9.17, 15) is 0 Å². The van der Waals surface area contributed by atoms with Crippen LogP contribution in [0.25, 0.3) is 0 Å². The lowest BCUT2D eigenvalue weighted by Gasteiger charge is -2.43. The van der Waals surface area contributed by atoms with Gasteiger partial charge >= 0.3 is 0 Å². The van der Waals surface area contributed by atoms with Gasteiger partial charge in [0, 0.05) is 25.1 Å². The maximum Gasteiger partial charge on any atom is 0.0595 e. The number of hydrogen-bond donors (Lipinski definition) is 0. The van der Waals surface area contributed by atoms with Crippen LogP contribution in [-0.4, -0.2) is 37.7 Å². The summed E-state index contributed by atoms with van der Waals surface area (Å²) in [6.07, 6.45) is 3.78. The van der Waals surface area contributed by atoms with Gasteiger partial charge in [-0.1, -0.05) is 29.3 Å². The smallest absolute Gasteiger partial charge is 0.0595 e. The van der Waals surface area contributed by atoms with Crippen molar-refractivity contribution >= 4 is 23.2 Å². The van der Waals surface area contributed by atoms with Gasteiger partial charge in [-0.15, -0.1) is 0 Å². The van der Waals surface area contributed by atoms with Gasteiger partial charge in [0.05, 0.1) is 16.7 Å². The zero-order valence-electron chi connectivity index (χ0n) is 12.0. The van der Waals surface area contributed by atoms with Crippen molar-refractivity contribution in [1.29, 1.82) is 0 Å². The Morgan fingerprint density at radius 3 is 2.75 bits per heavy atom. The number of rotatable bonds is 3. The number of ether oxygens (including phenoxy) is 1. The highest BCUT2D eigenvalue weighted by Crippen LogP contribution is 2.46. The summed E-state index contributed by atoms with van der Waals surface area (Å²) in [6.45, 7) is 0.812. The number of fused-ring (bicyclic) bond motifs is 2. The zero-order valence-corrected chi connectivity index (χ0v) is 13.5. The summed E-state index contributed by atoms with van der Waals surface area (Å²) in [6, 6.07) is 7.43. The largest absolute Gasteiger partial charge is 0.384 e. The number of nitrogens with zero attached hydrogens (tertiary/aromatic N) is 1. The van der Waals surface area contributed by atoms with Crippen molar-refractivity contribution in [3.05, 3.63) is 33.8 Å². The summed E-state index contributed by atoms with van der Waals surface area (Å²) in [5.41, 5.74) is 1.31. The second-order valence-electron chi connectivity index (χ2n) is 6.10. The summed E-state index contributed by atoms with van der Waals surface area (Å²) in [5, 5.41) is 1.29. The topological polar surface area (TPSA) is 12.5 Å². The monoisotopic (exact) mass is 313 g/mol. The van der Waals surface area contributed by atoms with Crippen LogP contribution < -0.4 is 0 Å². The third-order valence-corrected chi connectivity index (χ3v) is 5.90. The molecule has 2 nitrogen and oxygen atoms in total. The molecule has 4 heteroatoms. The lowest BCUT2D eigenvalue weighted by atomic mass is 9.76. The van der Waals surface area contributed by atoms with Crippen LogP contribution in [0.2, 0.25) is 10.0 Å². The molecule has 1 aromatic carbocycles. The third kappa shape index (κ3) is 2.48. The fraction of sp³-hybridized carbons (Fsp3) is 0.625. The van der Waals surface area contributed by atoms with Gasteiger partial charge < -0.3 is 9.64 Å². The van der Waals surface area contributed by atoms with Crippen LogP contribution >= 0.6 is 23.2 Å². The Bertz CT molecular complexity index is 493. The minimum Gasteiger partial charge on any atom is -0.384 e. The Hall–Kier alpha value is -0.280. The maximum atomic E-state index is 6.20. The predicted octanol–water partition coefficient (Wildman–Crippen LogP) is 4.21. The Kier molecular flexibility index (Phi) is 4.28. The first-order chi connectivity index (χ1) is 9.61. The van der Waals surface area contributed by atoms with Gasteiger partial charge in [-0.05, 0) is 49.9 Å². The fourth-order valence-corrected chi connectivity index (χ4v) is 4.43. The lowest BCUT2D eigenvalue weighted by molar-refractivity contribution is 0.0405. The van der Waals surface area contributed by atoms with E-state index in [2.05, 4.69) is 18.0 Å². The minimum atomic E-state index is 0.526. The molecule has 2 bridgehead atoms. The molecule has 0 radical (unpaired) electrons. The Morgan fingerprint density at radius 1 is 1.25 bits per heavy atom. The van der Waals surface area contributed by atoms with Crippen LogP contribution in [0, 0.1) is 5.92 Å². The van der Waals surface area contributed by atoms with E-state index in [-0.39, 0.29) is 0 Å². The van der Waals surface area contributed by atoms with Gasteiger partial charge in [-0.2, -0.15) is 0 Å². The molecular weight excluding hydrogens is 293 g/mol. The molecule has 1 aromatic rings. The zero-order chi connectivity index (χ0) is 14.3. The Morgan fingerprint density at radius 2 is 2.05 bits per heavy atom. The van der Waals surface area contributed by atoms with Gasteiger partial charge in [-0.3, -0.25) is 0 Å². The van der Waals surface area contributed by atoms with Crippen LogP contribution in [0.15, 0.2) is 18.2 Å². The SMILES string of the molecule is COC[C@@H]1[C@@H](c2ccc(Cl)c(Cl)c2)C[C@@H]2CC[C@H]1N2C. The second-order valence-corrected chi connectivity index (χ2v) is 6.91. The summed E-state index contributed by atoms with van der Waals surface area (Å²) in [4.78, 5) is 2.55. The van der Waals surface area contributed by atoms with Gasteiger partial charge in [-0.25, -0.2) is 0 Å². The van der Waals surface area contributed by atoms with Crippen molar-refractivity contribution in [2.75, 3.05) is 20.8 Å². The van der Waals surface area contributed by atoms with E-state index in [0.29, 0.717) is 34.0 Å². The van der Waals surface area contributed by atoms with E-state index in [0.717, 1.165) is 6.61 Å². The standard InChI is InChI=1S/C16H21Cl2NO/c1-19-11-4-6-16(19)13(9-20-2)12(8-11)10-3-5-14(17)15(18)7-10/h3,5,7,11-13,16H,4,6,8-9H2,1-2H3/t11-,12+,13+,16+/m0/s1. The van der Waals surface area contributed by atoms with Crippen LogP contribution in [0.1, 0.15) is 30.7 Å². The molecule has 20 heavy (non-hydrogen) atoms. The first kappa shape index (κ1) is 14.6. The highest BCUT2D eigenvalue weighted by Gasteiger charge is 2.45. The summed E-state index contributed by atoms with van der Waals surface area (Å²) >= 11 is 12.2. The average molecular weight is 314 g/mol. The summed E-state index contributed by atoms with van der Waals surface area (Å²) in [5.74, 6) is 1.07. The number of methoxy groups -OCH3 is 1. The van der Waals surface area contributed by atoms with Crippen LogP contribution in [0.3, 0.4) is 0 Å². The minimum absolute atomic E-state index is 0.526. The van der Waals surface area contributed by atoms with Gasteiger partial charge in [0.2, 0.25) is 0 Å². The first-order valence-corrected chi connectivity index (χ1v) is 8.03. The van der Waals surface area contributed by atoms with E-state index in [1.165, 1.54) is 24.8 Å². The number of halogens is 2. The molecule has 2 heterocycles. The van der Waals surface area contributed by atoms with Gasteiger partial charge in [0.15, 0.2) is 0 Å². The van der Waals surface area contributed by atoms with Crippen LogP contribution in [-0.2, 0) is 4.74 Å². The highest BCUT2D eigenvalue weighted by molar-refractivity contribution is 6.42. The van der Waals surface area contributed by atoms with Crippen molar-refractivity contribution in [3.8, 4) is 0 Å². The quantitative estimate of drug-likeness (QED) is 0.829. The molecule has 2 saturated heterocycles. The average Bonchev–Trinajstić information content (AvgIpc) is 2.67. The Balaban J connectivity index is 1.92. The normalized spacial score (nSPS) is 33.6. The molecule has 0 aliphatic carbocycles. The molecule has 0 N–H and O–H groups in total. The molecule has 2 aliphatic heterocycles. The van der Waals surface area contributed by atoms with E-state index in [4.69, 9.17) is 27.9 Å². The van der Waals surface area contributed by atoms with Gasteiger partial charge in [0.25, 0.3) is 0 Å². The predicted molar refractivity (Wildman–Crippen MR) is 83.8 cm³/mol. The third-order valence-electron chi connectivity index (χ3n) is 5.16. The first-order valence-electron chi connectivity index (χ1n) is 7.27. The van der Waals surface area contributed by atoms with Gasteiger partial charge in [0.1, 0.15) is 0 Å². The summed E-state index contributed by atoms with van der Waals surface area (Å²) < 4.78 is 5.50. The number of benzene rings is 1. The molecule has 0 amide bonds. The molecule has 0 unspecified atom stereocenters. The second kappa shape index (κ2) is 5.84. The van der Waals surface area contributed by atoms with E-state index < -0.39 is 0 Å². The van der Waals surface area contributed by atoms with E-state index in [1.807, 2.05) is 12.1 Å². The molecule has 4 atom stereocenters.